The Balaban J connectivity index is 1.66. The molecule has 0 bridgehead atoms. The van der Waals surface area contributed by atoms with Crippen molar-refractivity contribution in [1.29, 1.82) is 0 Å². The predicted molar refractivity (Wildman–Crippen MR) is 125 cm³/mol. The van der Waals surface area contributed by atoms with Crippen LogP contribution in [0, 0.1) is 11.6 Å². The van der Waals surface area contributed by atoms with E-state index in [9.17, 15) is 8.78 Å². The van der Waals surface area contributed by atoms with E-state index in [4.69, 9.17) is 9.72 Å². The number of hydrogen-bond acceptors (Lipinski definition) is 6. The second-order valence-corrected chi connectivity index (χ2v) is 7.62. The molecule has 3 aromatic heterocycles. The van der Waals surface area contributed by atoms with Gasteiger partial charge >= 0.3 is 0 Å². The maximum atomic E-state index is 14.0. The second-order valence-electron chi connectivity index (χ2n) is 7.62. The molecule has 0 amide bonds. The molecule has 0 radical (unpaired) electrons. The van der Waals surface area contributed by atoms with Crippen molar-refractivity contribution in [2.45, 2.75) is 6.42 Å². The Bertz CT molecular complexity index is 1420. The number of aromatic amines is 1. The summed E-state index contributed by atoms with van der Waals surface area (Å²) in [6.45, 7) is 0.358. The summed E-state index contributed by atoms with van der Waals surface area (Å²) in [7, 11) is 1.75. The third-order valence-corrected chi connectivity index (χ3v) is 5.32. The number of ether oxygens (including phenoxy) is 1. The highest BCUT2D eigenvalue weighted by Crippen LogP contribution is 2.36. The lowest BCUT2D eigenvalue weighted by molar-refractivity contribution is 0.325. The molecule has 0 aliphatic rings. The van der Waals surface area contributed by atoms with E-state index < -0.39 is 11.6 Å². The van der Waals surface area contributed by atoms with Crippen molar-refractivity contribution in [2.75, 3.05) is 19.0 Å². The molecular weight excluding hydrogens is 438 g/mol. The topological polar surface area (TPSA) is 88.6 Å². The van der Waals surface area contributed by atoms with E-state index >= 15 is 0 Å². The summed E-state index contributed by atoms with van der Waals surface area (Å²) in [5.41, 5.74) is 3.29. The summed E-state index contributed by atoms with van der Waals surface area (Å²) in [5, 5.41) is 10.5. The zero-order valence-electron chi connectivity index (χ0n) is 18.2. The van der Waals surface area contributed by atoms with E-state index in [0.29, 0.717) is 52.4 Å². The third-order valence-electron chi connectivity index (χ3n) is 5.32. The van der Waals surface area contributed by atoms with Gasteiger partial charge in [0.1, 0.15) is 28.7 Å². The van der Waals surface area contributed by atoms with Gasteiger partial charge in [0.05, 0.1) is 12.8 Å². The van der Waals surface area contributed by atoms with Crippen LogP contribution in [-0.2, 0) is 6.42 Å². The normalized spacial score (nSPS) is 11.0. The minimum absolute atomic E-state index is 0.358. The molecule has 0 fully saturated rings. The van der Waals surface area contributed by atoms with Crippen molar-refractivity contribution in [1.82, 2.24) is 25.1 Å². The molecule has 5 aromatic rings. The number of fused-ring (bicyclic) bond motifs is 1. The Hall–Kier alpha value is -4.40. The Kier molecular flexibility index (Phi) is 5.82. The summed E-state index contributed by atoms with van der Waals surface area (Å²) in [6, 6.07) is 10.6. The molecular formula is C25H20F2N6O. The summed E-state index contributed by atoms with van der Waals surface area (Å²) < 4.78 is 34.0. The fourth-order valence-electron chi connectivity index (χ4n) is 3.71. The number of halogens is 2. The van der Waals surface area contributed by atoms with Gasteiger partial charge in [-0.1, -0.05) is 0 Å². The van der Waals surface area contributed by atoms with Gasteiger partial charge in [-0.05, 0) is 53.1 Å². The largest absolute Gasteiger partial charge is 0.491 e. The lowest BCUT2D eigenvalue weighted by Crippen LogP contribution is -2.04. The maximum absolute atomic E-state index is 14.0. The number of rotatable bonds is 7. The van der Waals surface area contributed by atoms with Crippen LogP contribution in [-0.4, -0.2) is 38.8 Å². The van der Waals surface area contributed by atoms with E-state index in [0.717, 1.165) is 17.2 Å². The molecule has 7 nitrogen and oxygen atoms in total. The average molecular weight is 458 g/mol. The van der Waals surface area contributed by atoms with Gasteiger partial charge in [-0.25, -0.2) is 18.7 Å². The molecule has 170 valence electrons. The highest BCUT2D eigenvalue weighted by molar-refractivity contribution is 5.97. The zero-order valence-corrected chi connectivity index (χ0v) is 18.2. The number of nitrogens with one attached hydrogen (secondary N) is 2. The van der Waals surface area contributed by atoms with E-state index in [1.54, 1.807) is 44.0 Å². The first kappa shape index (κ1) is 21.4. The smallest absolute Gasteiger partial charge is 0.163 e. The Morgan fingerprint density at radius 3 is 2.50 bits per heavy atom. The molecule has 5 rings (SSSR count). The molecule has 3 heterocycles. The van der Waals surface area contributed by atoms with E-state index in [2.05, 4.69) is 25.5 Å². The summed E-state index contributed by atoms with van der Waals surface area (Å²) in [5.74, 6) is 0.199. The van der Waals surface area contributed by atoms with Crippen LogP contribution in [0.2, 0.25) is 0 Å². The first-order valence-corrected chi connectivity index (χ1v) is 10.6. The highest BCUT2D eigenvalue weighted by Gasteiger charge is 2.16. The Morgan fingerprint density at radius 1 is 0.971 bits per heavy atom. The minimum Gasteiger partial charge on any atom is -0.491 e. The van der Waals surface area contributed by atoms with Crippen LogP contribution in [0.4, 0.5) is 14.6 Å². The average Bonchev–Trinajstić information content (AvgIpc) is 3.37. The van der Waals surface area contributed by atoms with Crippen molar-refractivity contribution in [2.24, 2.45) is 0 Å². The summed E-state index contributed by atoms with van der Waals surface area (Å²) in [4.78, 5) is 13.6. The highest BCUT2D eigenvalue weighted by atomic mass is 19.1. The molecule has 0 saturated carbocycles. The van der Waals surface area contributed by atoms with Crippen molar-refractivity contribution in [3.63, 3.8) is 0 Å². The van der Waals surface area contributed by atoms with Gasteiger partial charge in [0.2, 0.25) is 0 Å². The lowest BCUT2D eigenvalue weighted by atomic mass is 10.0. The van der Waals surface area contributed by atoms with Crippen LogP contribution in [0.25, 0.3) is 33.4 Å². The molecule has 0 unspecified atom stereocenters. The SMILES string of the molecule is CNc1nc(-c2cccnc2)nc2c(OCCc3cn[nH]c3)cc(-c3cc(F)cc(F)c3)cc12. The monoisotopic (exact) mass is 458 g/mol. The second kappa shape index (κ2) is 9.22. The fraction of sp³-hybridized carbons (Fsp3) is 0.120. The van der Waals surface area contributed by atoms with Gasteiger partial charge in [0, 0.05) is 49.1 Å². The summed E-state index contributed by atoms with van der Waals surface area (Å²) in [6.07, 6.45) is 7.52. The molecule has 2 N–H and O–H groups in total. The molecule has 2 aromatic carbocycles. The number of H-pyrrole nitrogens is 1. The van der Waals surface area contributed by atoms with Gasteiger partial charge in [-0.3, -0.25) is 10.1 Å². The number of benzene rings is 2. The van der Waals surface area contributed by atoms with E-state index in [1.807, 2.05) is 12.1 Å². The number of anilines is 1. The van der Waals surface area contributed by atoms with Crippen molar-refractivity contribution in [3.8, 4) is 28.3 Å². The number of aromatic nitrogens is 5. The van der Waals surface area contributed by atoms with Crippen molar-refractivity contribution < 1.29 is 13.5 Å². The van der Waals surface area contributed by atoms with Crippen LogP contribution in [0.3, 0.4) is 0 Å². The Labute approximate surface area is 193 Å². The minimum atomic E-state index is -0.658. The van der Waals surface area contributed by atoms with E-state index in [1.165, 1.54) is 12.1 Å². The molecule has 0 aliphatic heterocycles. The number of pyridine rings is 1. The quantitative estimate of drug-likeness (QED) is 0.356. The lowest BCUT2D eigenvalue weighted by Gasteiger charge is -2.15. The molecule has 0 aliphatic carbocycles. The Morgan fingerprint density at radius 2 is 1.79 bits per heavy atom. The fourth-order valence-corrected chi connectivity index (χ4v) is 3.71. The van der Waals surface area contributed by atoms with Gasteiger partial charge in [-0.2, -0.15) is 5.10 Å². The van der Waals surface area contributed by atoms with Gasteiger partial charge in [-0.15, -0.1) is 0 Å². The molecule has 9 heteroatoms. The first-order chi connectivity index (χ1) is 16.6. The number of nitrogens with zero attached hydrogens (tertiary/aromatic N) is 4. The van der Waals surface area contributed by atoms with Crippen LogP contribution in [0.5, 0.6) is 5.75 Å². The number of hydrogen-bond donors (Lipinski definition) is 2. The molecule has 0 saturated heterocycles. The van der Waals surface area contributed by atoms with Crippen LogP contribution in [0.1, 0.15) is 5.56 Å². The van der Waals surface area contributed by atoms with Gasteiger partial charge in [0.15, 0.2) is 5.82 Å². The first-order valence-electron chi connectivity index (χ1n) is 10.6. The van der Waals surface area contributed by atoms with Crippen LogP contribution >= 0.6 is 0 Å². The van der Waals surface area contributed by atoms with Gasteiger partial charge in [0.25, 0.3) is 0 Å². The third kappa shape index (κ3) is 4.40. The zero-order chi connectivity index (χ0) is 23.5. The molecule has 34 heavy (non-hydrogen) atoms. The maximum Gasteiger partial charge on any atom is 0.163 e. The van der Waals surface area contributed by atoms with Crippen LogP contribution in [0.15, 0.2) is 67.3 Å². The predicted octanol–water partition coefficient (Wildman–Crippen LogP) is 5.02. The van der Waals surface area contributed by atoms with Crippen molar-refractivity contribution in [3.05, 3.63) is 84.4 Å². The van der Waals surface area contributed by atoms with Gasteiger partial charge < -0.3 is 10.1 Å². The molecule has 0 atom stereocenters. The molecule has 0 spiro atoms. The summed E-state index contributed by atoms with van der Waals surface area (Å²) >= 11 is 0. The standard InChI is InChI=1S/C25H20F2N6O/c1-28-25-21-9-18(17-7-19(26)11-20(27)8-17)10-22(34-6-4-15-12-30-31-13-15)23(21)32-24(33-25)16-3-2-5-29-14-16/h2-3,5,7-14H,4,6H2,1H3,(H,30,31)(H,28,32,33). The van der Waals surface area contributed by atoms with E-state index in [-0.39, 0.29) is 0 Å². The van der Waals surface area contributed by atoms with Crippen LogP contribution < -0.4 is 10.1 Å². The van der Waals surface area contributed by atoms with Crippen molar-refractivity contribution >= 4 is 16.7 Å².